The van der Waals surface area contributed by atoms with Crippen molar-refractivity contribution in [1.82, 2.24) is 5.43 Å². The minimum Gasteiger partial charge on any atom is -0.497 e. The Morgan fingerprint density at radius 1 is 1.12 bits per heavy atom. The van der Waals surface area contributed by atoms with Gasteiger partial charge in [-0.05, 0) is 36.4 Å². The average molecular weight is 342 g/mol. The summed E-state index contributed by atoms with van der Waals surface area (Å²) >= 11 is 0. The van der Waals surface area contributed by atoms with Crippen molar-refractivity contribution in [3.8, 4) is 23.0 Å². The molecule has 2 aromatic carbocycles. The Morgan fingerprint density at radius 3 is 2.60 bits per heavy atom. The molecule has 3 rings (SSSR count). The highest BCUT2D eigenvalue weighted by molar-refractivity contribution is 5.95. The number of benzene rings is 2. The molecule has 7 nitrogen and oxygen atoms in total. The fourth-order valence-corrected chi connectivity index (χ4v) is 2.34. The number of hydrogen-bond acceptors (Lipinski definition) is 6. The van der Waals surface area contributed by atoms with E-state index in [9.17, 15) is 4.79 Å². The van der Waals surface area contributed by atoms with Crippen molar-refractivity contribution in [3.05, 3.63) is 47.5 Å². The molecule has 0 bridgehead atoms. The number of ether oxygens (including phenoxy) is 4. The van der Waals surface area contributed by atoms with Crippen LogP contribution >= 0.6 is 0 Å². The molecular weight excluding hydrogens is 324 g/mol. The zero-order valence-corrected chi connectivity index (χ0v) is 13.9. The number of nitrogens with one attached hydrogen (secondary N) is 1. The van der Waals surface area contributed by atoms with Crippen LogP contribution < -0.4 is 24.4 Å². The lowest BCUT2D eigenvalue weighted by Crippen LogP contribution is -2.18. The van der Waals surface area contributed by atoms with Crippen LogP contribution in [-0.4, -0.2) is 39.6 Å². The Morgan fingerprint density at radius 2 is 1.88 bits per heavy atom. The monoisotopic (exact) mass is 342 g/mol. The fraction of sp³-hybridized carbons (Fsp3) is 0.222. The summed E-state index contributed by atoms with van der Waals surface area (Å²) in [6.07, 6.45) is 1.52. The van der Waals surface area contributed by atoms with Gasteiger partial charge in [0.25, 0.3) is 5.91 Å². The van der Waals surface area contributed by atoms with Gasteiger partial charge in [0.15, 0.2) is 11.5 Å². The van der Waals surface area contributed by atoms with E-state index in [2.05, 4.69) is 10.5 Å². The zero-order valence-electron chi connectivity index (χ0n) is 13.9. The molecule has 1 amide bonds. The van der Waals surface area contributed by atoms with Gasteiger partial charge in [-0.1, -0.05) is 0 Å². The summed E-state index contributed by atoms with van der Waals surface area (Å²) < 4.78 is 21.5. The summed E-state index contributed by atoms with van der Waals surface area (Å²) in [4.78, 5) is 12.1. The van der Waals surface area contributed by atoms with Crippen LogP contribution in [0.5, 0.6) is 23.0 Å². The minimum absolute atomic E-state index is 0.316. The number of hydrazone groups is 1. The average Bonchev–Trinajstić information content (AvgIpc) is 2.67. The molecular formula is C18H18N2O5. The molecule has 0 unspecified atom stereocenters. The molecule has 0 spiro atoms. The van der Waals surface area contributed by atoms with Crippen LogP contribution in [0.25, 0.3) is 0 Å². The van der Waals surface area contributed by atoms with Crippen LogP contribution in [0.3, 0.4) is 0 Å². The molecule has 0 saturated heterocycles. The van der Waals surface area contributed by atoms with E-state index in [1.54, 1.807) is 50.6 Å². The summed E-state index contributed by atoms with van der Waals surface area (Å²) in [5.41, 5.74) is 3.68. The topological polar surface area (TPSA) is 78.4 Å². The zero-order chi connectivity index (χ0) is 17.6. The van der Waals surface area contributed by atoms with E-state index in [1.807, 2.05) is 0 Å². The van der Waals surface area contributed by atoms with Gasteiger partial charge >= 0.3 is 0 Å². The predicted octanol–water partition coefficient (Wildman–Crippen LogP) is 2.24. The fourth-order valence-electron chi connectivity index (χ4n) is 2.34. The molecule has 7 heteroatoms. The number of fused-ring (bicyclic) bond motifs is 1. The first-order valence-corrected chi connectivity index (χ1v) is 7.66. The van der Waals surface area contributed by atoms with Crippen LogP contribution in [0.4, 0.5) is 0 Å². The molecule has 130 valence electrons. The van der Waals surface area contributed by atoms with Crippen molar-refractivity contribution >= 4 is 12.1 Å². The van der Waals surface area contributed by atoms with Crippen molar-refractivity contribution < 1.29 is 23.7 Å². The van der Waals surface area contributed by atoms with Crippen molar-refractivity contribution in [1.29, 1.82) is 0 Å². The minimum atomic E-state index is -0.316. The van der Waals surface area contributed by atoms with Crippen LogP contribution in [-0.2, 0) is 0 Å². The number of hydrogen-bond donors (Lipinski definition) is 1. The summed E-state index contributed by atoms with van der Waals surface area (Å²) in [5, 5.41) is 3.98. The molecule has 2 aromatic rings. The van der Waals surface area contributed by atoms with E-state index in [4.69, 9.17) is 18.9 Å². The Kier molecular flexibility index (Phi) is 5.03. The molecule has 25 heavy (non-hydrogen) atoms. The number of amides is 1. The number of carbonyl (C=O) groups excluding carboxylic acids is 1. The summed E-state index contributed by atoms with van der Waals surface area (Å²) in [7, 11) is 3.13. The van der Waals surface area contributed by atoms with Gasteiger partial charge in [0.2, 0.25) is 5.75 Å². The smallest absolute Gasteiger partial charge is 0.271 e. The second-order valence-electron chi connectivity index (χ2n) is 5.17. The first-order chi connectivity index (χ1) is 12.2. The number of nitrogens with zero attached hydrogens (tertiary/aromatic N) is 1. The standard InChI is InChI=1S/C18H18N2O5/c1-22-14-5-3-13(4-6-14)18(21)20-19-11-12-9-15(23-2)17-16(10-12)24-7-8-25-17/h3-6,9-11H,7-8H2,1-2H3,(H,20,21)/b19-11-. The van der Waals surface area contributed by atoms with E-state index in [0.29, 0.717) is 41.8 Å². The summed E-state index contributed by atoms with van der Waals surface area (Å²) in [6, 6.07) is 10.3. The van der Waals surface area contributed by atoms with Crippen LogP contribution in [0.1, 0.15) is 15.9 Å². The Balaban J connectivity index is 1.70. The molecule has 0 saturated carbocycles. The molecule has 1 aliphatic rings. The third kappa shape index (κ3) is 3.82. The summed E-state index contributed by atoms with van der Waals surface area (Å²) in [5.74, 6) is 2.09. The lowest BCUT2D eigenvalue weighted by molar-refractivity contribution is 0.0955. The van der Waals surface area contributed by atoms with E-state index in [-0.39, 0.29) is 5.91 Å². The lowest BCUT2D eigenvalue weighted by atomic mass is 10.2. The number of methoxy groups -OCH3 is 2. The normalized spacial score (nSPS) is 12.7. The first kappa shape index (κ1) is 16.6. The Labute approximate surface area is 145 Å². The van der Waals surface area contributed by atoms with Crippen molar-refractivity contribution in [2.75, 3.05) is 27.4 Å². The van der Waals surface area contributed by atoms with Crippen molar-refractivity contribution in [2.45, 2.75) is 0 Å². The maximum atomic E-state index is 12.1. The van der Waals surface area contributed by atoms with Gasteiger partial charge in [0, 0.05) is 11.1 Å². The highest BCUT2D eigenvalue weighted by Crippen LogP contribution is 2.39. The van der Waals surface area contributed by atoms with Crippen LogP contribution in [0.2, 0.25) is 0 Å². The molecule has 1 heterocycles. The third-order valence-electron chi connectivity index (χ3n) is 3.58. The van der Waals surface area contributed by atoms with Crippen LogP contribution in [0.15, 0.2) is 41.5 Å². The highest BCUT2D eigenvalue weighted by Gasteiger charge is 2.17. The molecule has 0 fully saturated rings. The SMILES string of the molecule is COc1ccc(C(=O)N/N=C\c2cc(OC)c3c(c2)OCCO3)cc1. The van der Waals surface area contributed by atoms with Gasteiger partial charge in [0.1, 0.15) is 19.0 Å². The quantitative estimate of drug-likeness (QED) is 0.666. The van der Waals surface area contributed by atoms with Crippen molar-refractivity contribution in [3.63, 3.8) is 0 Å². The number of rotatable bonds is 5. The van der Waals surface area contributed by atoms with Crippen molar-refractivity contribution in [2.24, 2.45) is 5.10 Å². The molecule has 1 aliphatic heterocycles. The molecule has 0 atom stereocenters. The molecule has 0 radical (unpaired) electrons. The van der Waals surface area contributed by atoms with Gasteiger partial charge in [-0.25, -0.2) is 5.43 Å². The van der Waals surface area contributed by atoms with E-state index >= 15 is 0 Å². The molecule has 1 N–H and O–H groups in total. The predicted molar refractivity (Wildman–Crippen MR) is 92.0 cm³/mol. The molecule has 0 aliphatic carbocycles. The lowest BCUT2D eigenvalue weighted by Gasteiger charge is -2.20. The Hall–Kier alpha value is -3.22. The van der Waals surface area contributed by atoms with Crippen LogP contribution in [0, 0.1) is 0 Å². The second-order valence-corrected chi connectivity index (χ2v) is 5.17. The largest absolute Gasteiger partial charge is 0.497 e. The highest BCUT2D eigenvalue weighted by atomic mass is 16.6. The maximum Gasteiger partial charge on any atom is 0.271 e. The second kappa shape index (κ2) is 7.57. The Bertz CT molecular complexity index is 770. The third-order valence-corrected chi connectivity index (χ3v) is 3.58. The van der Waals surface area contributed by atoms with E-state index in [1.165, 1.54) is 6.21 Å². The first-order valence-electron chi connectivity index (χ1n) is 7.66. The van der Waals surface area contributed by atoms with Gasteiger partial charge in [-0.15, -0.1) is 0 Å². The van der Waals surface area contributed by atoms with Gasteiger partial charge in [0.05, 0.1) is 20.4 Å². The van der Waals surface area contributed by atoms with Gasteiger partial charge in [-0.2, -0.15) is 5.10 Å². The summed E-state index contributed by atoms with van der Waals surface area (Å²) in [6.45, 7) is 0.958. The number of carbonyl (C=O) groups is 1. The molecule has 0 aromatic heterocycles. The maximum absolute atomic E-state index is 12.1. The van der Waals surface area contributed by atoms with Gasteiger partial charge in [-0.3, -0.25) is 4.79 Å². The van der Waals surface area contributed by atoms with E-state index in [0.717, 1.165) is 5.56 Å². The van der Waals surface area contributed by atoms with Gasteiger partial charge < -0.3 is 18.9 Å². The van der Waals surface area contributed by atoms with E-state index < -0.39 is 0 Å².